The lowest BCUT2D eigenvalue weighted by Gasteiger charge is -2.42. The molecule has 200 valence electrons. The minimum atomic E-state index is -0.759. The van der Waals surface area contributed by atoms with Gasteiger partial charge in [-0.25, -0.2) is 4.39 Å². The quantitative estimate of drug-likeness (QED) is 0.318. The molecule has 2 N–H and O–H groups in total. The number of benzene rings is 3. The van der Waals surface area contributed by atoms with Gasteiger partial charge in [-0.1, -0.05) is 82.1 Å². The number of nitrogens with one attached hydrogen (secondary N) is 2. The summed E-state index contributed by atoms with van der Waals surface area (Å²) in [6, 6.07) is 21.8. The van der Waals surface area contributed by atoms with Gasteiger partial charge in [0, 0.05) is 46.1 Å². The summed E-state index contributed by atoms with van der Waals surface area (Å²) in [4.78, 5) is 28.5. The lowest BCUT2D eigenvalue weighted by molar-refractivity contribution is -0.140. The van der Waals surface area contributed by atoms with E-state index in [-0.39, 0.29) is 35.1 Å². The summed E-state index contributed by atoms with van der Waals surface area (Å²) in [6.07, 6.45) is 1.59. The van der Waals surface area contributed by atoms with Gasteiger partial charge in [-0.3, -0.25) is 14.5 Å². The second-order valence-corrected chi connectivity index (χ2v) is 11.2. The van der Waals surface area contributed by atoms with Crippen molar-refractivity contribution >= 4 is 39.3 Å². The maximum atomic E-state index is 14.6. The van der Waals surface area contributed by atoms with Crippen molar-refractivity contribution in [3.63, 3.8) is 0 Å². The molecule has 1 heterocycles. The second-order valence-electron chi connectivity index (χ2n) is 9.95. The predicted molar refractivity (Wildman–Crippen MR) is 152 cm³/mol. The molecule has 0 radical (unpaired) electrons. The van der Waals surface area contributed by atoms with Gasteiger partial charge in [-0.05, 0) is 56.0 Å². The minimum absolute atomic E-state index is 0.0963. The third kappa shape index (κ3) is 7.01. The first-order chi connectivity index (χ1) is 18.2. The Labute approximate surface area is 236 Å². The van der Waals surface area contributed by atoms with Crippen LogP contribution in [-0.4, -0.2) is 34.8 Å². The predicted octanol–water partition coefficient (Wildman–Crippen LogP) is 6.20. The third-order valence-electron chi connectivity index (χ3n) is 7.19. The first-order valence-electron chi connectivity index (χ1n) is 12.8. The number of hydrogen-bond acceptors (Lipinski definition) is 3. The molecule has 1 fully saturated rings. The molecule has 2 unspecified atom stereocenters. The zero-order valence-corrected chi connectivity index (χ0v) is 23.8. The molecule has 0 bridgehead atoms. The van der Waals surface area contributed by atoms with Crippen molar-refractivity contribution in [2.75, 3.05) is 0 Å². The van der Waals surface area contributed by atoms with Crippen molar-refractivity contribution in [3.05, 3.63) is 105 Å². The molecule has 8 heteroatoms. The Morgan fingerprint density at radius 1 is 0.974 bits per heavy atom. The first kappa shape index (κ1) is 28.3. The van der Waals surface area contributed by atoms with Crippen LogP contribution in [0.3, 0.4) is 0 Å². The van der Waals surface area contributed by atoms with E-state index >= 15 is 0 Å². The summed E-state index contributed by atoms with van der Waals surface area (Å²) in [5.74, 6) is -1.91. The van der Waals surface area contributed by atoms with Crippen molar-refractivity contribution in [3.8, 4) is 0 Å². The minimum Gasteiger partial charge on any atom is -0.345 e. The summed E-state index contributed by atoms with van der Waals surface area (Å²) in [6.45, 7) is 5.15. The third-order valence-corrected chi connectivity index (χ3v) is 8.27. The van der Waals surface area contributed by atoms with Crippen LogP contribution in [0.4, 0.5) is 4.39 Å². The highest BCUT2D eigenvalue weighted by Crippen LogP contribution is 2.30. The van der Waals surface area contributed by atoms with E-state index in [9.17, 15) is 14.0 Å². The van der Waals surface area contributed by atoms with Gasteiger partial charge < -0.3 is 10.6 Å². The van der Waals surface area contributed by atoms with Crippen molar-refractivity contribution in [2.45, 2.75) is 63.8 Å². The van der Waals surface area contributed by atoms with Crippen molar-refractivity contribution in [1.82, 2.24) is 15.5 Å². The smallest absolute Gasteiger partial charge is 0.309 e. The van der Waals surface area contributed by atoms with Crippen LogP contribution < -0.4 is 10.6 Å². The van der Waals surface area contributed by atoms with E-state index in [1.165, 1.54) is 17.7 Å². The molecule has 3 aromatic rings. The van der Waals surface area contributed by atoms with E-state index in [4.69, 9.17) is 11.6 Å². The molecule has 0 saturated carbocycles. The summed E-state index contributed by atoms with van der Waals surface area (Å²) >= 11 is 9.78. The molecular weight excluding hydrogens is 569 g/mol. The van der Waals surface area contributed by atoms with Gasteiger partial charge in [-0.2, -0.15) is 0 Å². The van der Waals surface area contributed by atoms with Crippen LogP contribution in [0.2, 0.25) is 5.02 Å². The highest BCUT2D eigenvalue weighted by atomic mass is 79.9. The van der Waals surface area contributed by atoms with Crippen LogP contribution in [-0.2, 0) is 22.6 Å². The van der Waals surface area contributed by atoms with Crippen LogP contribution >= 0.6 is 27.5 Å². The molecule has 1 saturated heterocycles. The Morgan fingerprint density at radius 3 is 2.29 bits per heavy atom. The average molecular weight is 601 g/mol. The van der Waals surface area contributed by atoms with Gasteiger partial charge in [0.25, 0.3) is 0 Å². The number of nitrogens with zero attached hydrogens (tertiary/aromatic N) is 1. The van der Waals surface area contributed by atoms with Gasteiger partial charge in [0.15, 0.2) is 0 Å². The molecule has 2 amide bonds. The zero-order valence-electron chi connectivity index (χ0n) is 21.5. The normalized spacial score (nSPS) is 20.5. The maximum absolute atomic E-state index is 14.6. The van der Waals surface area contributed by atoms with Crippen LogP contribution in [0.5, 0.6) is 0 Å². The van der Waals surface area contributed by atoms with Gasteiger partial charge in [0.2, 0.25) is 0 Å². The number of carbonyl (C=O) groups excluding carboxylic acids is 2. The lowest BCUT2D eigenvalue weighted by Crippen LogP contribution is -2.54. The molecule has 38 heavy (non-hydrogen) atoms. The fourth-order valence-corrected chi connectivity index (χ4v) is 6.05. The monoisotopic (exact) mass is 599 g/mol. The highest BCUT2D eigenvalue weighted by molar-refractivity contribution is 9.10. The van der Waals surface area contributed by atoms with Crippen molar-refractivity contribution in [2.24, 2.45) is 0 Å². The van der Waals surface area contributed by atoms with Crippen LogP contribution in [0.1, 0.15) is 49.4 Å². The first-order valence-corrected chi connectivity index (χ1v) is 14.0. The average Bonchev–Trinajstić information content (AvgIpc) is 2.88. The number of rotatable bonds is 7. The van der Waals surface area contributed by atoms with E-state index in [1.807, 2.05) is 42.5 Å². The number of piperidine rings is 1. The SMILES string of the molecule is C[C@@H]1CC(NC(=O)C(=O)NC(Cc2c(F)cccc2Cl)c2ccccc2Br)C[C@H](C)N1Cc1ccccc1. The Bertz CT molecular complexity index is 1240. The molecule has 5 nitrogen and oxygen atoms in total. The molecule has 0 aromatic heterocycles. The summed E-state index contributed by atoms with van der Waals surface area (Å²) < 4.78 is 15.3. The van der Waals surface area contributed by atoms with Gasteiger partial charge >= 0.3 is 11.8 Å². The largest absolute Gasteiger partial charge is 0.345 e. The summed E-state index contributed by atoms with van der Waals surface area (Å²) in [5.41, 5.74) is 2.26. The van der Waals surface area contributed by atoms with E-state index in [0.29, 0.717) is 0 Å². The van der Waals surface area contributed by atoms with Crippen LogP contribution in [0, 0.1) is 5.82 Å². The molecular formula is C30H32BrClFN3O2. The molecule has 0 aliphatic carbocycles. The number of hydrogen-bond donors (Lipinski definition) is 2. The van der Waals surface area contributed by atoms with Crippen LogP contribution in [0.25, 0.3) is 0 Å². The maximum Gasteiger partial charge on any atom is 0.309 e. The second kappa shape index (κ2) is 12.9. The number of halogens is 3. The molecule has 1 aliphatic rings. The standard InChI is InChI=1S/C30H32BrClFN3O2/c1-19-15-22(16-20(2)36(19)18-21-9-4-3-5-10-21)34-29(37)30(38)35-28(23-11-6-7-12-25(23)31)17-24-26(32)13-8-14-27(24)33/h3-14,19-20,22,28H,15-18H2,1-2H3,(H,34,37)(H,35,38)/t19-,20+,22?,28?. The van der Waals surface area contributed by atoms with Gasteiger partial charge in [-0.15, -0.1) is 0 Å². The van der Waals surface area contributed by atoms with E-state index < -0.39 is 23.7 Å². The van der Waals surface area contributed by atoms with Gasteiger partial charge in [0.05, 0.1) is 6.04 Å². The lowest BCUT2D eigenvalue weighted by atomic mass is 9.92. The topological polar surface area (TPSA) is 61.4 Å². The Hall–Kier alpha value is -2.74. The zero-order chi connectivity index (χ0) is 27.2. The van der Waals surface area contributed by atoms with Crippen molar-refractivity contribution in [1.29, 1.82) is 0 Å². The molecule has 4 atom stereocenters. The van der Waals surface area contributed by atoms with Crippen LogP contribution in [0.15, 0.2) is 77.3 Å². The molecule has 0 spiro atoms. The fraction of sp³-hybridized carbons (Fsp3) is 0.333. The molecule has 4 rings (SSSR count). The van der Waals surface area contributed by atoms with Gasteiger partial charge in [0.1, 0.15) is 5.82 Å². The Morgan fingerprint density at radius 2 is 1.63 bits per heavy atom. The van der Waals surface area contributed by atoms with E-state index in [1.54, 1.807) is 6.07 Å². The molecule has 1 aliphatic heterocycles. The Balaban J connectivity index is 1.42. The number of amides is 2. The van der Waals surface area contributed by atoms with Crippen molar-refractivity contribution < 1.29 is 14.0 Å². The summed E-state index contributed by atoms with van der Waals surface area (Å²) in [7, 11) is 0. The number of carbonyl (C=O) groups is 2. The molecule has 3 aromatic carbocycles. The summed E-state index contributed by atoms with van der Waals surface area (Å²) in [5, 5.41) is 6.02. The fourth-order valence-electron chi connectivity index (χ4n) is 5.25. The van der Waals surface area contributed by atoms with E-state index in [2.05, 4.69) is 57.4 Å². The number of likely N-dealkylation sites (tertiary alicyclic amines) is 1. The van der Waals surface area contributed by atoms with E-state index in [0.717, 1.165) is 29.4 Å². The highest BCUT2D eigenvalue weighted by Gasteiger charge is 2.33. The Kier molecular flexibility index (Phi) is 9.58.